The molecule has 10 aromatic carbocycles. The van der Waals surface area contributed by atoms with E-state index in [1.807, 2.05) is 0 Å². The number of aromatic nitrogens is 4. The third-order valence-corrected chi connectivity index (χ3v) is 13.9. The van der Waals surface area contributed by atoms with Crippen molar-refractivity contribution in [2.24, 2.45) is 0 Å². The number of rotatable bonds is 6. The van der Waals surface area contributed by atoms with Gasteiger partial charge < -0.3 is 9.13 Å². The molecule has 4 heteroatoms. The van der Waals surface area contributed by atoms with E-state index in [1.165, 1.54) is 60.4 Å². The van der Waals surface area contributed by atoms with Gasteiger partial charge in [0.05, 0.1) is 33.3 Å². The molecule has 0 spiro atoms. The molecule has 4 nitrogen and oxygen atoms in total. The van der Waals surface area contributed by atoms with Gasteiger partial charge in [-0.05, 0) is 117 Å². The van der Waals surface area contributed by atoms with E-state index in [0.717, 1.165) is 60.9 Å². The first-order valence-electron chi connectivity index (χ1n) is 23.5. The van der Waals surface area contributed by atoms with Crippen LogP contribution < -0.4 is 0 Å². The Morgan fingerprint density at radius 2 is 0.794 bits per heavy atom. The average molecular weight is 871 g/mol. The molecule has 0 unspecified atom stereocenters. The number of benzene rings is 10. The van der Waals surface area contributed by atoms with Gasteiger partial charge in [0.2, 0.25) is 0 Å². The van der Waals surface area contributed by atoms with Gasteiger partial charge in [0.1, 0.15) is 0 Å². The summed E-state index contributed by atoms with van der Waals surface area (Å²) in [5, 5.41) is 8.25. The molecule has 13 aromatic rings. The maximum Gasteiger partial charge on any atom is 0.160 e. The zero-order valence-electron chi connectivity index (χ0n) is 38.2. The fourth-order valence-corrected chi connectivity index (χ4v) is 10.4. The minimum atomic E-state index is 0.111. The lowest BCUT2D eigenvalue weighted by molar-refractivity contribution is 0.590. The maximum atomic E-state index is 5.35. The molecule has 0 saturated carbocycles. The monoisotopic (exact) mass is 870 g/mol. The largest absolute Gasteiger partial charge is 0.309 e. The molecule has 3 heterocycles. The molecule has 0 amide bonds. The Kier molecular flexibility index (Phi) is 9.06. The van der Waals surface area contributed by atoms with E-state index in [4.69, 9.17) is 9.97 Å². The van der Waals surface area contributed by atoms with Crippen LogP contribution in [0.3, 0.4) is 0 Å². The minimum Gasteiger partial charge on any atom is -0.309 e. The summed E-state index contributed by atoms with van der Waals surface area (Å²) in [5.41, 5.74) is 17.1. The van der Waals surface area contributed by atoms with Crippen LogP contribution in [0.25, 0.3) is 122 Å². The quantitative estimate of drug-likeness (QED) is 0.156. The molecule has 0 atom stereocenters. The predicted octanol–water partition coefficient (Wildman–Crippen LogP) is 16.9. The van der Waals surface area contributed by atoms with Crippen molar-refractivity contribution < 1.29 is 0 Å². The van der Waals surface area contributed by atoms with Crippen molar-refractivity contribution in [2.45, 2.75) is 26.2 Å². The van der Waals surface area contributed by atoms with Crippen molar-refractivity contribution in [2.75, 3.05) is 0 Å². The molecule has 0 aliphatic carbocycles. The predicted molar refractivity (Wildman–Crippen MR) is 286 cm³/mol. The second kappa shape index (κ2) is 15.5. The van der Waals surface area contributed by atoms with E-state index in [0.29, 0.717) is 5.82 Å². The van der Waals surface area contributed by atoms with Crippen molar-refractivity contribution in [3.8, 4) is 56.3 Å². The molecule has 0 bridgehead atoms. The zero-order valence-corrected chi connectivity index (χ0v) is 38.2. The molecular weight excluding hydrogens is 825 g/mol. The first kappa shape index (κ1) is 39.7. The molecule has 3 aromatic heterocycles. The van der Waals surface area contributed by atoms with Gasteiger partial charge >= 0.3 is 0 Å². The Morgan fingerprint density at radius 1 is 0.324 bits per heavy atom. The van der Waals surface area contributed by atoms with Gasteiger partial charge in [0.15, 0.2) is 5.82 Å². The second-order valence-electron chi connectivity index (χ2n) is 19.0. The van der Waals surface area contributed by atoms with Gasteiger partial charge in [-0.15, -0.1) is 0 Å². The van der Waals surface area contributed by atoms with E-state index < -0.39 is 0 Å². The number of fused-ring (bicyclic) bond motifs is 9. The van der Waals surface area contributed by atoms with Crippen LogP contribution in [0.2, 0.25) is 0 Å². The topological polar surface area (TPSA) is 35.6 Å². The highest BCUT2D eigenvalue weighted by Crippen LogP contribution is 2.40. The number of nitrogens with zero attached hydrogens (tertiary/aromatic N) is 4. The lowest BCUT2D eigenvalue weighted by Crippen LogP contribution is -2.10. The fraction of sp³-hybridized carbons (Fsp3) is 0.0625. The van der Waals surface area contributed by atoms with Crippen LogP contribution in [0.15, 0.2) is 224 Å². The van der Waals surface area contributed by atoms with Crippen molar-refractivity contribution in [1.29, 1.82) is 0 Å². The molecule has 0 radical (unpaired) electrons. The van der Waals surface area contributed by atoms with E-state index in [-0.39, 0.29) is 5.41 Å². The molecular formula is C64H46N4. The summed E-state index contributed by atoms with van der Waals surface area (Å²) in [6.45, 7) is 6.76. The highest BCUT2D eigenvalue weighted by molar-refractivity contribution is 6.13. The Bertz CT molecular complexity index is 4080. The van der Waals surface area contributed by atoms with Crippen molar-refractivity contribution in [3.63, 3.8) is 0 Å². The Labute approximate surface area is 395 Å². The van der Waals surface area contributed by atoms with Gasteiger partial charge in [-0.3, -0.25) is 0 Å². The third kappa shape index (κ3) is 6.52. The SMILES string of the molecule is CC(C)(C)c1ccc(-c2ccc(-c3nc(-c4ccc(-n5c6ccccc6c6cc(-c7ccc8c(c7)c7ccccc7n8-c7ccccc7)ccc65)cc4)nc4c3ccc3ccccc34)cc2)cc1. The number of hydrogen-bond acceptors (Lipinski definition) is 2. The van der Waals surface area contributed by atoms with E-state index in [2.05, 4.69) is 254 Å². The Hall–Kier alpha value is -8.60. The van der Waals surface area contributed by atoms with Crippen molar-refractivity contribution in [1.82, 2.24) is 19.1 Å². The summed E-state index contributed by atoms with van der Waals surface area (Å²) in [6.07, 6.45) is 0. The summed E-state index contributed by atoms with van der Waals surface area (Å²) in [7, 11) is 0. The minimum absolute atomic E-state index is 0.111. The van der Waals surface area contributed by atoms with E-state index in [9.17, 15) is 0 Å². The van der Waals surface area contributed by atoms with E-state index in [1.54, 1.807) is 0 Å². The molecule has 0 aliphatic heterocycles. The van der Waals surface area contributed by atoms with Crippen LogP contribution in [0.4, 0.5) is 0 Å². The Balaban J connectivity index is 0.888. The lowest BCUT2D eigenvalue weighted by atomic mass is 9.86. The second-order valence-corrected chi connectivity index (χ2v) is 19.0. The first-order chi connectivity index (χ1) is 33.3. The van der Waals surface area contributed by atoms with Crippen molar-refractivity contribution >= 4 is 65.3 Å². The average Bonchev–Trinajstić information content (AvgIpc) is 3.90. The van der Waals surface area contributed by atoms with Gasteiger partial charge in [0, 0.05) is 54.8 Å². The van der Waals surface area contributed by atoms with Crippen molar-refractivity contribution in [3.05, 3.63) is 230 Å². The highest BCUT2D eigenvalue weighted by Gasteiger charge is 2.19. The molecule has 0 N–H and O–H groups in total. The van der Waals surface area contributed by atoms with Crippen LogP contribution in [0, 0.1) is 0 Å². The number of para-hydroxylation sites is 3. The maximum absolute atomic E-state index is 5.35. The smallest absolute Gasteiger partial charge is 0.160 e. The molecule has 68 heavy (non-hydrogen) atoms. The van der Waals surface area contributed by atoms with Gasteiger partial charge in [-0.1, -0.05) is 166 Å². The summed E-state index contributed by atoms with van der Waals surface area (Å²) in [5.74, 6) is 0.702. The third-order valence-electron chi connectivity index (χ3n) is 13.9. The zero-order chi connectivity index (χ0) is 45.5. The van der Waals surface area contributed by atoms with E-state index >= 15 is 0 Å². The van der Waals surface area contributed by atoms with Gasteiger partial charge in [-0.2, -0.15) is 0 Å². The van der Waals surface area contributed by atoms with Gasteiger partial charge in [0.25, 0.3) is 0 Å². The Morgan fingerprint density at radius 3 is 1.40 bits per heavy atom. The molecule has 0 aliphatic rings. The summed E-state index contributed by atoms with van der Waals surface area (Å²) in [4.78, 5) is 10.7. The van der Waals surface area contributed by atoms with Gasteiger partial charge in [-0.25, -0.2) is 9.97 Å². The molecule has 13 rings (SSSR count). The summed E-state index contributed by atoms with van der Waals surface area (Å²) < 4.78 is 4.75. The first-order valence-corrected chi connectivity index (χ1v) is 23.5. The summed E-state index contributed by atoms with van der Waals surface area (Å²) >= 11 is 0. The fourth-order valence-electron chi connectivity index (χ4n) is 10.4. The number of hydrogen-bond donors (Lipinski definition) is 0. The molecule has 0 saturated heterocycles. The lowest BCUT2D eigenvalue weighted by Gasteiger charge is -2.19. The van der Waals surface area contributed by atoms with Crippen LogP contribution in [-0.4, -0.2) is 19.1 Å². The van der Waals surface area contributed by atoms with Crippen LogP contribution >= 0.6 is 0 Å². The summed E-state index contributed by atoms with van der Waals surface area (Å²) in [6, 6.07) is 81.4. The molecule has 322 valence electrons. The van der Waals surface area contributed by atoms with Crippen LogP contribution in [-0.2, 0) is 5.41 Å². The van der Waals surface area contributed by atoms with Crippen LogP contribution in [0.5, 0.6) is 0 Å². The normalized spacial score (nSPS) is 12.0. The standard InChI is InChI=1S/C64H46N4/c1-64(2,3)48-32-25-42(26-33-48)41-21-23-44(24-22-41)61-54-36-29-43-13-7-8-16-51(43)62(54)66-63(65-61)45-27-34-50(35-28-45)68-58-20-12-10-18-53(58)56-40-47(31-38-60(56)68)46-30-37-59-55(39-46)52-17-9-11-19-57(52)67(59)49-14-5-4-6-15-49/h4-40H,1-3H3. The molecule has 0 fully saturated rings. The van der Waals surface area contributed by atoms with Crippen LogP contribution in [0.1, 0.15) is 26.3 Å². The highest BCUT2D eigenvalue weighted by atomic mass is 15.0.